The van der Waals surface area contributed by atoms with E-state index >= 15 is 0 Å². The number of fused-ring (bicyclic) bond motifs is 2. The van der Waals surface area contributed by atoms with Crippen molar-refractivity contribution in [2.75, 3.05) is 20.2 Å². The number of ether oxygens (including phenoxy) is 5. The van der Waals surface area contributed by atoms with Crippen LogP contribution in [0.2, 0.25) is 0 Å². The van der Waals surface area contributed by atoms with Gasteiger partial charge in [0.1, 0.15) is 6.61 Å². The van der Waals surface area contributed by atoms with Gasteiger partial charge in [-0.25, -0.2) is 4.79 Å². The van der Waals surface area contributed by atoms with E-state index < -0.39 is 0 Å². The van der Waals surface area contributed by atoms with Crippen molar-refractivity contribution in [3.05, 3.63) is 47.5 Å². The molecule has 6 nitrogen and oxygen atoms in total. The number of hydrogen-bond acceptors (Lipinski definition) is 6. The molecule has 3 aliphatic heterocycles. The summed E-state index contributed by atoms with van der Waals surface area (Å²) in [4.78, 5) is 12.3. The van der Waals surface area contributed by atoms with Gasteiger partial charge in [-0.1, -0.05) is 12.1 Å². The third-order valence-corrected chi connectivity index (χ3v) is 4.24. The van der Waals surface area contributed by atoms with E-state index in [1.165, 1.54) is 0 Å². The van der Waals surface area contributed by atoms with Gasteiger partial charge >= 0.3 is 5.97 Å². The zero-order chi connectivity index (χ0) is 16.1. The molecule has 3 aliphatic rings. The number of benzene rings is 2. The van der Waals surface area contributed by atoms with Gasteiger partial charge in [0, 0.05) is 5.57 Å². The third-order valence-electron chi connectivity index (χ3n) is 4.24. The van der Waals surface area contributed by atoms with E-state index in [1.807, 2.05) is 24.3 Å². The molecule has 0 fully saturated rings. The van der Waals surface area contributed by atoms with Crippen LogP contribution in [0.1, 0.15) is 11.1 Å². The molecule has 0 aromatic heterocycles. The minimum absolute atomic E-state index is 0.192. The standard InChI is InChI=1S/C18H12O6/c19-18-17(11-2-4-14-16(6-11)24-9-22-14)12(7-20-18)10-1-3-13-15(5-10)23-8-21-13/h1-6H,7-9H2. The molecule has 0 unspecified atom stereocenters. The lowest BCUT2D eigenvalue weighted by atomic mass is 9.96. The largest absolute Gasteiger partial charge is 0.457 e. The zero-order valence-electron chi connectivity index (χ0n) is 12.5. The molecule has 0 amide bonds. The van der Waals surface area contributed by atoms with Gasteiger partial charge in [-0.15, -0.1) is 0 Å². The lowest BCUT2D eigenvalue weighted by Crippen LogP contribution is -1.98. The highest BCUT2D eigenvalue weighted by Gasteiger charge is 2.29. The van der Waals surface area contributed by atoms with Gasteiger partial charge in [-0.2, -0.15) is 0 Å². The Morgan fingerprint density at radius 3 is 1.96 bits per heavy atom. The molecule has 120 valence electrons. The van der Waals surface area contributed by atoms with Gasteiger partial charge in [0.25, 0.3) is 0 Å². The summed E-state index contributed by atoms with van der Waals surface area (Å²) < 4.78 is 26.7. The van der Waals surface area contributed by atoms with Crippen LogP contribution in [0.25, 0.3) is 11.1 Å². The third kappa shape index (κ3) is 1.93. The minimum atomic E-state index is -0.346. The highest BCUT2D eigenvalue weighted by atomic mass is 16.7. The molecule has 3 heterocycles. The normalized spacial score (nSPS) is 17.4. The molecule has 0 spiro atoms. The molecule has 5 rings (SSSR count). The van der Waals surface area contributed by atoms with Crippen LogP contribution in [0.3, 0.4) is 0 Å². The Balaban J connectivity index is 1.63. The summed E-state index contributed by atoms with van der Waals surface area (Å²) >= 11 is 0. The number of carbonyl (C=O) groups excluding carboxylic acids is 1. The topological polar surface area (TPSA) is 63.2 Å². The molecule has 0 aliphatic carbocycles. The minimum Gasteiger partial charge on any atom is -0.457 e. The average Bonchev–Trinajstić information content (AvgIpc) is 3.32. The summed E-state index contributed by atoms with van der Waals surface area (Å²) in [5, 5.41) is 0. The predicted octanol–water partition coefficient (Wildman–Crippen LogP) is 2.61. The van der Waals surface area contributed by atoms with Crippen molar-refractivity contribution in [2.45, 2.75) is 0 Å². The molecule has 0 N–H and O–H groups in total. The summed E-state index contributed by atoms with van der Waals surface area (Å²) in [6.45, 7) is 0.627. The second-order valence-corrected chi connectivity index (χ2v) is 5.57. The molecular formula is C18H12O6. The second-order valence-electron chi connectivity index (χ2n) is 5.57. The number of cyclic esters (lactones) is 1. The van der Waals surface area contributed by atoms with Gasteiger partial charge in [-0.3, -0.25) is 0 Å². The Hall–Kier alpha value is -3.15. The first-order valence-corrected chi connectivity index (χ1v) is 7.50. The Bertz CT molecular complexity index is 898. The van der Waals surface area contributed by atoms with Gasteiger partial charge in [0.2, 0.25) is 13.6 Å². The summed E-state index contributed by atoms with van der Waals surface area (Å²) in [5.41, 5.74) is 2.97. The number of hydrogen-bond donors (Lipinski definition) is 0. The first-order valence-electron chi connectivity index (χ1n) is 7.50. The van der Waals surface area contributed by atoms with E-state index in [4.69, 9.17) is 23.7 Å². The van der Waals surface area contributed by atoms with Crippen LogP contribution in [0.15, 0.2) is 36.4 Å². The van der Waals surface area contributed by atoms with E-state index in [-0.39, 0.29) is 26.2 Å². The van der Waals surface area contributed by atoms with E-state index in [1.54, 1.807) is 12.1 Å². The van der Waals surface area contributed by atoms with E-state index in [0.29, 0.717) is 28.6 Å². The van der Waals surface area contributed by atoms with Crippen molar-refractivity contribution >= 4 is 17.1 Å². The molecule has 2 aromatic carbocycles. The maximum atomic E-state index is 12.3. The molecule has 0 saturated heterocycles. The maximum absolute atomic E-state index is 12.3. The van der Waals surface area contributed by atoms with Crippen molar-refractivity contribution in [3.8, 4) is 23.0 Å². The zero-order valence-corrected chi connectivity index (χ0v) is 12.5. The van der Waals surface area contributed by atoms with Crippen LogP contribution >= 0.6 is 0 Å². The number of rotatable bonds is 2. The van der Waals surface area contributed by atoms with E-state index in [9.17, 15) is 4.79 Å². The first-order chi connectivity index (χ1) is 11.8. The van der Waals surface area contributed by atoms with Crippen LogP contribution < -0.4 is 18.9 Å². The molecule has 0 radical (unpaired) electrons. The SMILES string of the molecule is O=C1OCC(c2ccc3c(c2)OCO3)=C1c1ccc2c(c1)OCO2. The van der Waals surface area contributed by atoms with Gasteiger partial charge < -0.3 is 23.7 Å². The number of carbonyl (C=O) groups is 1. The van der Waals surface area contributed by atoms with Gasteiger partial charge in [0.15, 0.2) is 23.0 Å². The fraction of sp³-hybridized carbons (Fsp3) is 0.167. The first kappa shape index (κ1) is 13.3. The summed E-state index contributed by atoms with van der Waals surface area (Å²) in [7, 11) is 0. The summed E-state index contributed by atoms with van der Waals surface area (Å²) in [6.07, 6.45) is 0. The second kappa shape index (κ2) is 4.92. The van der Waals surface area contributed by atoms with Crippen LogP contribution in [-0.4, -0.2) is 26.2 Å². The summed E-state index contributed by atoms with van der Waals surface area (Å²) in [6, 6.07) is 11.0. The Morgan fingerprint density at radius 2 is 1.25 bits per heavy atom. The van der Waals surface area contributed by atoms with E-state index in [0.717, 1.165) is 16.7 Å². The smallest absolute Gasteiger partial charge is 0.339 e. The Morgan fingerprint density at radius 1 is 0.667 bits per heavy atom. The maximum Gasteiger partial charge on any atom is 0.339 e. The molecular weight excluding hydrogens is 312 g/mol. The van der Waals surface area contributed by atoms with Crippen molar-refractivity contribution in [3.63, 3.8) is 0 Å². The van der Waals surface area contributed by atoms with E-state index in [2.05, 4.69) is 0 Å². The van der Waals surface area contributed by atoms with Gasteiger partial charge in [-0.05, 0) is 35.4 Å². The molecule has 0 atom stereocenters. The monoisotopic (exact) mass is 324 g/mol. The fourth-order valence-corrected chi connectivity index (χ4v) is 3.06. The molecule has 24 heavy (non-hydrogen) atoms. The lowest BCUT2D eigenvalue weighted by molar-refractivity contribution is -0.133. The van der Waals surface area contributed by atoms with Crippen molar-refractivity contribution in [1.29, 1.82) is 0 Å². The average molecular weight is 324 g/mol. The number of esters is 1. The predicted molar refractivity (Wildman–Crippen MR) is 82.9 cm³/mol. The van der Waals surface area contributed by atoms with Crippen LogP contribution in [-0.2, 0) is 9.53 Å². The lowest BCUT2D eigenvalue weighted by Gasteiger charge is -2.06. The van der Waals surface area contributed by atoms with Crippen LogP contribution in [0.5, 0.6) is 23.0 Å². The van der Waals surface area contributed by atoms with Crippen molar-refractivity contribution < 1.29 is 28.5 Å². The Labute approximate surface area is 137 Å². The van der Waals surface area contributed by atoms with Crippen molar-refractivity contribution in [2.24, 2.45) is 0 Å². The quantitative estimate of drug-likeness (QED) is 0.791. The summed E-state index contributed by atoms with van der Waals surface area (Å²) in [5.74, 6) is 2.33. The van der Waals surface area contributed by atoms with Crippen LogP contribution in [0, 0.1) is 0 Å². The molecule has 6 heteroatoms. The highest BCUT2D eigenvalue weighted by molar-refractivity contribution is 6.27. The Kier molecular flexibility index (Phi) is 2.73. The molecule has 0 bridgehead atoms. The molecule has 0 saturated carbocycles. The van der Waals surface area contributed by atoms with Crippen LogP contribution in [0.4, 0.5) is 0 Å². The highest BCUT2D eigenvalue weighted by Crippen LogP contribution is 2.41. The van der Waals surface area contributed by atoms with Gasteiger partial charge in [0.05, 0.1) is 5.57 Å². The molecule has 2 aromatic rings. The fourth-order valence-electron chi connectivity index (χ4n) is 3.06. The van der Waals surface area contributed by atoms with Crippen molar-refractivity contribution in [1.82, 2.24) is 0 Å².